The van der Waals surface area contributed by atoms with Crippen LogP contribution in [-0.2, 0) is 9.53 Å². The topological polar surface area (TPSA) is 83.9 Å². The zero-order valence-electron chi connectivity index (χ0n) is 10.2. The number of carbonyl (C=O) groups is 3. The van der Waals surface area contributed by atoms with Crippen LogP contribution < -0.4 is 0 Å². The average molecular weight is 299 g/mol. The Morgan fingerprint density at radius 2 is 2.20 bits per heavy atom. The monoisotopic (exact) mass is 299 g/mol. The molecule has 8 heteroatoms. The van der Waals surface area contributed by atoms with Gasteiger partial charge in [-0.3, -0.25) is 4.79 Å². The van der Waals surface area contributed by atoms with Gasteiger partial charge in [0.05, 0.1) is 17.9 Å². The maximum atomic E-state index is 13.2. The van der Waals surface area contributed by atoms with E-state index in [1.165, 1.54) is 6.07 Å². The molecule has 0 aromatic heterocycles. The molecule has 1 heterocycles. The molecule has 0 atom stereocenters. The number of cyclic esters (lactones) is 1. The Labute approximate surface area is 117 Å². The highest BCUT2D eigenvalue weighted by Gasteiger charge is 2.28. The number of aromatic carboxylic acids is 1. The van der Waals surface area contributed by atoms with Gasteiger partial charge in [-0.25, -0.2) is 18.9 Å². The number of carbonyl (C=O) groups excluding carboxylic acids is 2. The van der Waals surface area contributed by atoms with Crippen molar-refractivity contribution in [3.05, 3.63) is 29.6 Å². The van der Waals surface area contributed by atoms with E-state index in [9.17, 15) is 18.8 Å². The van der Waals surface area contributed by atoms with Gasteiger partial charge in [-0.05, 0) is 18.2 Å². The molecule has 1 saturated heterocycles. The van der Waals surface area contributed by atoms with Gasteiger partial charge in [-0.15, -0.1) is 11.8 Å². The number of ether oxygens (including phenoxy) is 1. The Morgan fingerprint density at radius 3 is 2.80 bits per heavy atom. The van der Waals surface area contributed by atoms with Crippen LogP contribution in [0.4, 0.5) is 9.18 Å². The number of benzene rings is 1. The molecule has 1 aliphatic rings. The molecule has 1 fully saturated rings. The summed E-state index contributed by atoms with van der Waals surface area (Å²) >= 11 is 1.03. The van der Waals surface area contributed by atoms with Gasteiger partial charge in [0.1, 0.15) is 12.4 Å². The zero-order chi connectivity index (χ0) is 14.7. The molecule has 0 radical (unpaired) electrons. The molecule has 1 aromatic carbocycles. The first-order chi connectivity index (χ1) is 9.49. The van der Waals surface area contributed by atoms with Gasteiger partial charge < -0.3 is 9.84 Å². The fourth-order valence-corrected chi connectivity index (χ4v) is 2.41. The second-order valence-electron chi connectivity index (χ2n) is 3.90. The lowest BCUT2D eigenvalue weighted by Gasteiger charge is -2.10. The van der Waals surface area contributed by atoms with Crippen molar-refractivity contribution in [3.8, 4) is 0 Å². The van der Waals surface area contributed by atoms with Crippen LogP contribution in [0.1, 0.15) is 10.4 Å². The second-order valence-corrected chi connectivity index (χ2v) is 4.94. The highest BCUT2D eigenvalue weighted by molar-refractivity contribution is 8.00. The summed E-state index contributed by atoms with van der Waals surface area (Å²) in [7, 11) is 0. The Kier molecular flexibility index (Phi) is 4.23. The fourth-order valence-electron chi connectivity index (χ4n) is 1.60. The summed E-state index contributed by atoms with van der Waals surface area (Å²) in [4.78, 5) is 35.1. The van der Waals surface area contributed by atoms with Crippen molar-refractivity contribution in [1.29, 1.82) is 0 Å². The zero-order valence-corrected chi connectivity index (χ0v) is 11.0. The van der Waals surface area contributed by atoms with Crippen molar-refractivity contribution in [2.45, 2.75) is 4.90 Å². The van der Waals surface area contributed by atoms with Gasteiger partial charge in [-0.1, -0.05) is 0 Å². The van der Waals surface area contributed by atoms with E-state index >= 15 is 0 Å². The van der Waals surface area contributed by atoms with Crippen LogP contribution in [0.2, 0.25) is 0 Å². The molecule has 20 heavy (non-hydrogen) atoms. The highest BCUT2D eigenvalue weighted by atomic mass is 32.2. The lowest BCUT2D eigenvalue weighted by atomic mass is 10.2. The van der Waals surface area contributed by atoms with Crippen LogP contribution >= 0.6 is 11.8 Å². The summed E-state index contributed by atoms with van der Waals surface area (Å²) in [6.45, 7) is 0.386. The van der Waals surface area contributed by atoms with E-state index in [2.05, 4.69) is 4.74 Å². The lowest BCUT2D eigenvalue weighted by molar-refractivity contribution is -0.125. The van der Waals surface area contributed by atoms with Crippen LogP contribution in [0, 0.1) is 5.82 Å². The molecule has 0 aliphatic carbocycles. The normalized spacial score (nSPS) is 14.2. The number of amides is 2. The third kappa shape index (κ3) is 3.08. The molecule has 0 saturated carbocycles. The number of rotatable bonds is 4. The summed E-state index contributed by atoms with van der Waals surface area (Å²) in [6, 6.07) is 3.56. The fraction of sp³-hybridized carbons (Fsp3) is 0.250. The van der Waals surface area contributed by atoms with Gasteiger partial charge >= 0.3 is 12.1 Å². The standard InChI is InChI=1S/C12H10FNO5S/c13-9-2-1-7(5-8(9)11(16)17)20-6-10(15)14-3-4-19-12(14)18/h1-2,5H,3-4,6H2,(H,16,17). The van der Waals surface area contributed by atoms with Crippen molar-refractivity contribution in [2.24, 2.45) is 0 Å². The molecule has 6 nitrogen and oxygen atoms in total. The molecule has 0 unspecified atom stereocenters. The first-order valence-electron chi connectivity index (χ1n) is 5.62. The van der Waals surface area contributed by atoms with Crippen molar-refractivity contribution in [1.82, 2.24) is 4.90 Å². The van der Waals surface area contributed by atoms with Crippen molar-refractivity contribution in [3.63, 3.8) is 0 Å². The van der Waals surface area contributed by atoms with Crippen LogP contribution in [0.25, 0.3) is 0 Å². The molecular weight excluding hydrogens is 289 g/mol. The molecule has 106 valence electrons. The molecular formula is C12H10FNO5S. The summed E-state index contributed by atoms with van der Waals surface area (Å²) in [6.07, 6.45) is -0.680. The summed E-state index contributed by atoms with van der Waals surface area (Å²) in [5.41, 5.74) is -0.456. The van der Waals surface area contributed by atoms with Gasteiger partial charge in [0.15, 0.2) is 0 Å². The van der Waals surface area contributed by atoms with Gasteiger partial charge in [0.25, 0.3) is 0 Å². The maximum Gasteiger partial charge on any atom is 0.416 e. The smallest absolute Gasteiger partial charge is 0.416 e. The van der Waals surface area contributed by atoms with E-state index in [0.717, 1.165) is 28.8 Å². The van der Waals surface area contributed by atoms with E-state index in [1.807, 2.05) is 0 Å². The number of thioether (sulfide) groups is 1. The van der Waals surface area contributed by atoms with Gasteiger partial charge in [0.2, 0.25) is 5.91 Å². The molecule has 1 N–H and O–H groups in total. The average Bonchev–Trinajstić information content (AvgIpc) is 2.83. The first-order valence-corrected chi connectivity index (χ1v) is 6.60. The lowest BCUT2D eigenvalue weighted by Crippen LogP contribution is -2.32. The minimum absolute atomic E-state index is 0.0558. The molecule has 0 spiro atoms. The molecule has 2 rings (SSSR count). The van der Waals surface area contributed by atoms with Crippen molar-refractivity contribution in [2.75, 3.05) is 18.9 Å². The van der Waals surface area contributed by atoms with Crippen LogP contribution in [0.3, 0.4) is 0 Å². The summed E-state index contributed by atoms with van der Waals surface area (Å²) in [5.74, 6) is -2.70. The third-order valence-corrected chi connectivity index (χ3v) is 3.57. The second kappa shape index (κ2) is 5.91. The van der Waals surface area contributed by atoms with Crippen LogP contribution in [0.15, 0.2) is 23.1 Å². The Bertz CT molecular complexity index is 577. The molecule has 1 aromatic rings. The summed E-state index contributed by atoms with van der Waals surface area (Å²) < 4.78 is 17.8. The van der Waals surface area contributed by atoms with E-state index in [1.54, 1.807) is 0 Å². The van der Waals surface area contributed by atoms with Crippen LogP contribution in [-0.4, -0.2) is 46.9 Å². The number of halogens is 1. The Morgan fingerprint density at radius 1 is 1.45 bits per heavy atom. The predicted molar refractivity (Wildman–Crippen MR) is 67.1 cm³/mol. The van der Waals surface area contributed by atoms with Crippen molar-refractivity contribution < 1.29 is 28.6 Å². The number of nitrogens with zero attached hydrogens (tertiary/aromatic N) is 1. The van der Waals surface area contributed by atoms with E-state index in [0.29, 0.717) is 4.90 Å². The highest BCUT2D eigenvalue weighted by Crippen LogP contribution is 2.22. The summed E-state index contributed by atoms with van der Waals surface area (Å²) in [5, 5.41) is 8.79. The Hall–Kier alpha value is -2.09. The van der Waals surface area contributed by atoms with Crippen LogP contribution in [0.5, 0.6) is 0 Å². The number of hydrogen-bond donors (Lipinski definition) is 1. The Balaban J connectivity index is 2.00. The number of imide groups is 1. The third-order valence-electron chi connectivity index (χ3n) is 2.59. The van der Waals surface area contributed by atoms with E-state index in [-0.39, 0.29) is 18.9 Å². The SMILES string of the molecule is O=C(O)c1cc(SCC(=O)N2CCOC2=O)ccc1F. The number of carboxylic acid groups (broad SMARTS) is 1. The molecule has 2 amide bonds. The molecule has 0 bridgehead atoms. The van der Waals surface area contributed by atoms with E-state index < -0.39 is 29.4 Å². The largest absolute Gasteiger partial charge is 0.478 e. The maximum absolute atomic E-state index is 13.2. The quantitative estimate of drug-likeness (QED) is 0.850. The predicted octanol–water partition coefficient (Wildman–Crippen LogP) is 1.59. The van der Waals surface area contributed by atoms with Gasteiger partial charge in [-0.2, -0.15) is 0 Å². The van der Waals surface area contributed by atoms with Gasteiger partial charge in [0, 0.05) is 4.90 Å². The first kappa shape index (κ1) is 14.3. The number of carboxylic acids is 1. The van der Waals surface area contributed by atoms with Crippen molar-refractivity contribution >= 4 is 29.7 Å². The number of hydrogen-bond acceptors (Lipinski definition) is 5. The minimum atomic E-state index is -1.38. The molecule has 1 aliphatic heterocycles. The van der Waals surface area contributed by atoms with E-state index in [4.69, 9.17) is 5.11 Å². The minimum Gasteiger partial charge on any atom is -0.478 e.